The first-order valence-electron chi connectivity index (χ1n) is 8.73. The van der Waals surface area contributed by atoms with Crippen LogP contribution in [0.15, 0.2) is 36.4 Å². The summed E-state index contributed by atoms with van der Waals surface area (Å²) in [6.45, 7) is 2.01. The van der Waals surface area contributed by atoms with Crippen LogP contribution in [0.2, 0.25) is 0 Å². The van der Waals surface area contributed by atoms with E-state index in [1.807, 2.05) is 37.3 Å². The number of aromatic amines is 1. The minimum atomic E-state index is -0.502. The van der Waals surface area contributed by atoms with Crippen molar-refractivity contribution in [3.05, 3.63) is 42.0 Å². The van der Waals surface area contributed by atoms with Gasteiger partial charge in [-0.05, 0) is 54.7 Å². The van der Waals surface area contributed by atoms with E-state index in [9.17, 15) is 14.4 Å². The molecule has 27 heavy (non-hydrogen) atoms. The molecule has 2 aromatic carbocycles. The highest BCUT2D eigenvalue weighted by Crippen LogP contribution is 2.39. The number of rotatable bonds is 3. The average molecular weight is 381 g/mol. The van der Waals surface area contributed by atoms with Gasteiger partial charge in [-0.25, -0.2) is 4.98 Å². The molecule has 1 fully saturated rings. The van der Waals surface area contributed by atoms with Crippen molar-refractivity contribution in [3.63, 3.8) is 0 Å². The Balaban J connectivity index is 1.61. The number of hydrogen-bond acceptors (Lipinski definition) is 4. The Morgan fingerprint density at radius 2 is 2.11 bits per heavy atom. The Morgan fingerprint density at radius 3 is 2.89 bits per heavy atom. The summed E-state index contributed by atoms with van der Waals surface area (Å²) in [6.07, 6.45) is 1.50. The van der Waals surface area contributed by atoms with Gasteiger partial charge in [0.15, 0.2) is 5.88 Å². The van der Waals surface area contributed by atoms with Gasteiger partial charge in [-0.15, -0.1) is 5.12 Å². The second kappa shape index (κ2) is 5.79. The van der Waals surface area contributed by atoms with E-state index < -0.39 is 5.91 Å². The van der Waals surface area contributed by atoms with Gasteiger partial charge in [0.2, 0.25) is 5.13 Å². The molecule has 0 spiro atoms. The van der Waals surface area contributed by atoms with Crippen molar-refractivity contribution >= 4 is 43.5 Å². The molecule has 0 saturated heterocycles. The molecule has 4 aromatic rings. The third-order valence-electron chi connectivity index (χ3n) is 4.95. The molecule has 5 rings (SSSR count). The van der Waals surface area contributed by atoms with Crippen LogP contribution in [-0.4, -0.2) is 21.0 Å². The van der Waals surface area contributed by atoms with Crippen molar-refractivity contribution in [2.24, 2.45) is 5.92 Å². The first-order valence-corrected chi connectivity index (χ1v) is 9.55. The maximum atomic E-state index is 14.4. The van der Waals surface area contributed by atoms with E-state index in [1.165, 1.54) is 11.3 Å². The number of thiazole rings is 1. The maximum Gasteiger partial charge on any atom is 0.260 e. The molecular weight excluding hydrogens is 365 g/mol. The Labute approximate surface area is 158 Å². The topological polar surface area (TPSA) is 69.2 Å². The predicted octanol–water partition coefficient (Wildman–Crippen LogP) is 5.09. The zero-order valence-electron chi connectivity index (χ0n) is 14.5. The van der Waals surface area contributed by atoms with Gasteiger partial charge in [0, 0.05) is 22.9 Å². The lowest BCUT2D eigenvalue weighted by atomic mass is 9.97. The van der Waals surface area contributed by atoms with Crippen LogP contribution in [0.5, 0.6) is 5.88 Å². The number of benzene rings is 2. The summed E-state index contributed by atoms with van der Waals surface area (Å²) in [7, 11) is 0. The van der Waals surface area contributed by atoms with Crippen LogP contribution < -0.4 is 5.12 Å². The second-order valence-electron chi connectivity index (χ2n) is 6.95. The summed E-state index contributed by atoms with van der Waals surface area (Å²) in [5.74, 6) is -0.582. The van der Waals surface area contributed by atoms with E-state index in [1.54, 1.807) is 6.07 Å². The number of nitrogens with one attached hydrogen (secondary N) is 1. The number of carbonyl (C=O) groups excluding carboxylic acids is 1. The van der Waals surface area contributed by atoms with Crippen molar-refractivity contribution in [1.29, 1.82) is 0 Å². The lowest BCUT2D eigenvalue weighted by molar-refractivity contribution is -0.122. The fraction of sp³-hybridized carbons (Fsp3) is 0.200. The van der Waals surface area contributed by atoms with Gasteiger partial charge in [-0.3, -0.25) is 4.79 Å². The molecule has 0 radical (unpaired) electrons. The van der Waals surface area contributed by atoms with E-state index in [4.69, 9.17) is 0 Å². The molecule has 5 nitrogen and oxygen atoms in total. The SMILES string of the molecule is Cc1ccc2[nH]c(O)cc2c1-c1ccc2nc(N(F)C(=O)C3CC3)sc2c1. The predicted molar refractivity (Wildman–Crippen MR) is 105 cm³/mol. The third kappa shape index (κ3) is 2.66. The van der Waals surface area contributed by atoms with Crippen molar-refractivity contribution in [1.82, 2.24) is 9.97 Å². The number of hydrogen-bond donors (Lipinski definition) is 2. The van der Waals surface area contributed by atoms with Gasteiger partial charge in [0.1, 0.15) is 0 Å². The molecule has 1 saturated carbocycles. The molecule has 136 valence electrons. The van der Waals surface area contributed by atoms with Crippen LogP contribution >= 0.6 is 11.3 Å². The fourth-order valence-corrected chi connectivity index (χ4v) is 4.33. The van der Waals surface area contributed by atoms with Crippen LogP contribution in [0.4, 0.5) is 9.61 Å². The second-order valence-corrected chi connectivity index (χ2v) is 7.95. The molecule has 0 unspecified atom stereocenters. The van der Waals surface area contributed by atoms with Crippen LogP contribution in [-0.2, 0) is 4.79 Å². The molecule has 2 aromatic heterocycles. The van der Waals surface area contributed by atoms with Crippen molar-refractivity contribution in [2.75, 3.05) is 5.12 Å². The maximum absolute atomic E-state index is 14.4. The van der Waals surface area contributed by atoms with E-state index in [-0.39, 0.29) is 22.1 Å². The normalized spacial score (nSPS) is 14.1. The third-order valence-corrected chi connectivity index (χ3v) is 5.93. The summed E-state index contributed by atoms with van der Waals surface area (Å²) in [4.78, 5) is 19.2. The molecular formula is C20H16FN3O2S. The van der Waals surface area contributed by atoms with Gasteiger partial charge in [-0.2, -0.15) is 0 Å². The minimum absolute atomic E-state index is 0.0771. The van der Waals surface area contributed by atoms with E-state index in [0.717, 1.165) is 45.1 Å². The summed E-state index contributed by atoms with van der Waals surface area (Å²) in [6, 6.07) is 11.4. The smallest absolute Gasteiger partial charge is 0.260 e. The summed E-state index contributed by atoms with van der Waals surface area (Å²) in [5.41, 5.74) is 4.54. The highest BCUT2D eigenvalue weighted by atomic mass is 32.1. The zero-order valence-corrected chi connectivity index (χ0v) is 15.3. The van der Waals surface area contributed by atoms with Crippen molar-refractivity contribution < 1.29 is 14.4 Å². The van der Waals surface area contributed by atoms with E-state index in [0.29, 0.717) is 5.52 Å². The van der Waals surface area contributed by atoms with Crippen molar-refractivity contribution in [3.8, 4) is 17.0 Å². The van der Waals surface area contributed by atoms with Gasteiger partial charge in [0.05, 0.1) is 10.2 Å². The van der Waals surface area contributed by atoms with Crippen LogP contribution in [0, 0.1) is 12.8 Å². The number of amides is 1. The largest absolute Gasteiger partial charge is 0.495 e. The Hall–Kier alpha value is -2.93. The quantitative estimate of drug-likeness (QED) is 0.486. The molecule has 0 aliphatic heterocycles. The molecule has 0 atom stereocenters. The summed E-state index contributed by atoms with van der Waals surface area (Å²) < 4.78 is 15.2. The lowest BCUT2D eigenvalue weighted by Gasteiger charge is -2.08. The van der Waals surface area contributed by atoms with Gasteiger partial charge in [0.25, 0.3) is 5.91 Å². The first-order chi connectivity index (χ1) is 13.0. The Morgan fingerprint density at radius 1 is 1.30 bits per heavy atom. The number of fused-ring (bicyclic) bond motifs is 2. The number of anilines is 1. The van der Waals surface area contributed by atoms with E-state index >= 15 is 0 Å². The number of nitrogens with zero attached hydrogens (tertiary/aromatic N) is 2. The number of carbonyl (C=O) groups is 1. The first kappa shape index (κ1) is 16.3. The standard InChI is InChI=1S/C20H16FN3O2S/c1-10-2-6-14-13(9-17(25)22-14)18(10)12-5-7-15-16(8-12)27-20(23-15)24(21)19(26)11-3-4-11/h2,5-9,11,22,25H,3-4H2,1H3. The van der Waals surface area contributed by atoms with E-state index in [2.05, 4.69) is 9.97 Å². The molecule has 2 heterocycles. The molecule has 7 heteroatoms. The Bertz CT molecular complexity index is 1210. The van der Waals surface area contributed by atoms with Crippen LogP contribution in [0.25, 0.3) is 32.2 Å². The van der Waals surface area contributed by atoms with Gasteiger partial charge < -0.3 is 10.1 Å². The number of aryl methyl sites for hydroxylation is 1. The fourth-order valence-electron chi connectivity index (χ4n) is 3.42. The van der Waals surface area contributed by atoms with Crippen LogP contribution in [0.3, 0.4) is 0 Å². The number of H-pyrrole nitrogens is 1. The summed E-state index contributed by atoms with van der Waals surface area (Å²) >= 11 is 1.17. The molecule has 0 bridgehead atoms. The number of aromatic nitrogens is 2. The molecule has 1 aliphatic rings. The highest BCUT2D eigenvalue weighted by Gasteiger charge is 2.35. The Kier molecular flexibility index (Phi) is 3.48. The van der Waals surface area contributed by atoms with Gasteiger partial charge >= 0.3 is 0 Å². The average Bonchev–Trinajstić information content (AvgIpc) is 3.30. The van der Waals surface area contributed by atoms with Crippen molar-refractivity contribution in [2.45, 2.75) is 19.8 Å². The highest BCUT2D eigenvalue weighted by molar-refractivity contribution is 7.22. The lowest BCUT2D eigenvalue weighted by Crippen LogP contribution is -2.23. The molecule has 1 amide bonds. The zero-order chi connectivity index (χ0) is 18.7. The molecule has 2 N–H and O–H groups in total. The van der Waals surface area contributed by atoms with Gasteiger partial charge in [-0.1, -0.05) is 28.0 Å². The van der Waals surface area contributed by atoms with Crippen LogP contribution in [0.1, 0.15) is 18.4 Å². The molecule has 1 aliphatic carbocycles. The minimum Gasteiger partial charge on any atom is -0.495 e. The number of aromatic hydroxyl groups is 1. The monoisotopic (exact) mass is 381 g/mol. The number of halogens is 1. The summed E-state index contributed by atoms with van der Waals surface area (Å²) in [5, 5.41) is 11.0.